The third-order valence-corrected chi connectivity index (χ3v) is 0. The first-order valence-electron chi connectivity index (χ1n) is 3.06. The Hall–Kier alpha value is 8.20. The number of hydrogen-bond acceptors (Lipinski definition) is 16. The van der Waals surface area contributed by atoms with Crippen LogP contribution in [-0.4, -0.2) is 426 Å². The van der Waals surface area contributed by atoms with Crippen LogP contribution in [-0.2, 0) is 0 Å². The van der Waals surface area contributed by atoms with E-state index in [0.29, 0.717) is 0 Å². The Bertz CT molecular complexity index is 189. The Morgan fingerprint density at radius 2 is 0.189 bits per heavy atom. The molecule has 0 radical (unpaired) electrons. The van der Waals surface area contributed by atoms with Crippen molar-refractivity contribution in [2.75, 3.05) is 0 Å². The molecule has 37 heteroatoms. The fourth-order valence-electron chi connectivity index (χ4n) is 0. The van der Waals surface area contributed by atoms with Gasteiger partial charge in [-0.1, -0.05) is 0 Å². The third kappa shape index (κ3) is 1170. The molecule has 0 aromatic carbocycles. The Kier molecular flexibility index (Phi) is 1280. The van der Waals surface area contributed by atoms with Gasteiger partial charge in [0.05, 0.1) is 0 Å². The molecule has 0 unspecified atom stereocenters. The van der Waals surface area contributed by atoms with Crippen LogP contribution in [0.2, 0.25) is 0 Å². The van der Waals surface area contributed by atoms with Gasteiger partial charge in [0, 0.05) is 0 Å². The molecule has 0 fully saturated rings. The van der Waals surface area contributed by atoms with Gasteiger partial charge in [-0.15, -0.1) is 39.3 Å². The molecule has 170 valence electrons. The molecule has 0 aromatic rings. The van der Waals surface area contributed by atoms with Crippen molar-refractivity contribution >= 4 is 384 Å². The van der Waals surface area contributed by atoms with Gasteiger partial charge in [-0.05, 0) is 0 Å². The number of rotatable bonds is 0. The van der Waals surface area contributed by atoms with Gasteiger partial charge in [0.25, 0.3) is 0 Å². The van der Waals surface area contributed by atoms with Crippen molar-refractivity contribution in [3.63, 3.8) is 0 Å². The van der Waals surface area contributed by atoms with Crippen molar-refractivity contribution in [3.05, 3.63) is 39.3 Å². The maximum absolute atomic E-state index is 8.11. The van der Waals surface area contributed by atoms with Crippen LogP contribution in [0.3, 0.4) is 0 Å². The van der Waals surface area contributed by atoms with E-state index in [2.05, 4.69) is 0 Å². The molecule has 0 saturated carbocycles. The van der Waals surface area contributed by atoms with Crippen LogP contribution in [0.4, 0.5) is 0 Å². The molecule has 0 rings (SSSR count). The minimum atomic E-state index is 0. The fourth-order valence-corrected chi connectivity index (χ4v) is 0. The van der Waals surface area contributed by atoms with Gasteiger partial charge in [-0.2, -0.15) is 0 Å². The van der Waals surface area contributed by atoms with Crippen molar-refractivity contribution in [3.8, 4) is 0 Å². The molecule has 0 aromatic heterocycles. The normalized spacial score (nSPS) is 2.59. The van der Waals surface area contributed by atoms with E-state index in [4.69, 9.17) is 80.9 Å². The van der Waals surface area contributed by atoms with E-state index in [-0.39, 0.29) is 384 Å². The zero-order valence-electron chi connectivity index (χ0n) is 10.4. The first-order valence-corrected chi connectivity index (χ1v) is 3.06. The first-order chi connectivity index (χ1) is 11.3. The van der Waals surface area contributed by atoms with Gasteiger partial charge in [-0.3, -0.25) is 0 Å². The fraction of sp³-hybridized carbons (Fsp3) is 0. The summed E-state index contributed by atoms with van der Waals surface area (Å²) in [6.07, 6.45) is 0. The van der Waals surface area contributed by atoms with Crippen LogP contribution in [0, 0.1) is 39.3 Å². The average Bonchev–Trinajstić information content (AvgIpc) is 2.45. The molecular weight excluding hydrogens is 667 g/mol. The predicted octanol–water partition coefficient (Wildman–Crippen LogP) is -7.29. The van der Waals surface area contributed by atoms with E-state index < -0.39 is 0 Å². The van der Waals surface area contributed by atoms with Crippen molar-refractivity contribution in [1.82, 2.24) is 0 Å². The Balaban J connectivity index is -0.00000000396. The summed E-state index contributed by atoms with van der Waals surface area (Å²) in [5, 5.41) is 63.1. The van der Waals surface area contributed by atoms with Gasteiger partial charge in [-0.25, -0.2) is 0 Å². The topological polar surface area (TPSA) is 397 Å². The van der Waals surface area contributed by atoms with Gasteiger partial charge in [0.2, 0.25) is 0 Å². The van der Waals surface area contributed by atoms with Crippen LogP contribution in [0.25, 0.3) is 0 Å². The maximum atomic E-state index is 8.11. The van der Waals surface area contributed by atoms with E-state index >= 15 is 0 Å². The Morgan fingerprint density at radius 3 is 0.189 bits per heavy atom. The van der Waals surface area contributed by atoms with E-state index in [1.807, 2.05) is 0 Å². The SMILES string of the molecule is O=NO.O=NO.O=NO.O=NO.O=NO.O=NO.O=NO.O=NO.[NaH].[NaH].[NaH].[NaH].[NaH].[NaH].[NaH].[NaH].[NaH].[NaH].[NaH].[NaH].[NaH]. The second kappa shape index (κ2) is 314. The van der Waals surface area contributed by atoms with Crippen molar-refractivity contribution in [2.45, 2.75) is 0 Å². The second-order valence-electron chi connectivity index (χ2n) is 0.653. The molecule has 0 aliphatic rings. The molecule has 0 bridgehead atoms. The minimum absolute atomic E-state index is 0. The summed E-state index contributed by atoms with van der Waals surface area (Å²) in [6, 6.07) is 0. The molecule has 0 spiro atoms. The summed E-state index contributed by atoms with van der Waals surface area (Å²) in [5.41, 5.74) is 0. The summed E-state index contributed by atoms with van der Waals surface area (Å²) in [6.45, 7) is 0. The quantitative estimate of drug-likeness (QED) is 0.0665. The van der Waals surface area contributed by atoms with E-state index in [9.17, 15) is 0 Å². The van der Waals surface area contributed by atoms with E-state index in [1.54, 1.807) is 0 Å². The van der Waals surface area contributed by atoms with E-state index in [0.717, 1.165) is 0 Å². The molecule has 0 amide bonds. The Morgan fingerprint density at radius 1 is 0.189 bits per heavy atom. The predicted molar refractivity (Wildman–Crippen MR) is 154 cm³/mol. The zero-order chi connectivity index (χ0) is 21.7. The van der Waals surface area contributed by atoms with Gasteiger partial charge < -0.3 is 41.7 Å². The second-order valence-corrected chi connectivity index (χ2v) is 0.653. The van der Waals surface area contributed by atoms with Crippen molar-refractivity contribution in [2.24, 2.45) is 42.7 Å². The molecule has 0 atom stereocenters. The molecule has 37 heavy (non-hydrogen) atoms. The van der Waals surface area contributed by atoms with Crippen LogP contribution < -0.4 is 0 Å². The van der Waals surface area contributed by atoms with Crippen LogP contribution in [0.5, 0.6) is 0 Å². The molecule has 0 aliphatic carbocycles. The molecule has 24 nitrogen and oxygen atoms in total. The summed E-state index contributed by atoms with van der Waals surface area (Å²) in [7, 11) is 0. The van der Waals surface area contributed by atoms with Gasteiger partial charge in [0.15, 0.2) is 42.7 Å². The van der Waals surface area contributed by atoms with Gasteiger partial charge in [0.1, 0.15) is 0 Å². The molecular formula is H21N8Na13O16. The molecule has 0 saturated heterocycles. The summed E-state index contributed by atoms with van der Waals surface area (Å²) < 4.78 is 0. The first kappa shape index (κ1) is 151. The monoisotopic (exact) mass is 688 g/mol. The van der Waals surface area contributed by atoms with Crippen LogP contribution >= 0.6 is 0 Å². The molecule has 0 heterocycles. The number of nitrogens with zero attached hydrogens (tertiary/aromatic N) is 8. The van der Waals surface area contributed by atoms with E-state index in [1.165, 1.54) is 42.7 Å². The van der Waals surface area contributed by atoms with Crippen molar-refractivity contribution in [1.29, 1.82) is 0 Å². The molecule has 8 N–H and O–H groups in total. The zero-order valence-corrected chi connectivity index (χ0v) is 10.4. The van der Waals surface area contributed by atoms with Crippen molar-refractivity contribution < 1.29 is 41.7 Å². The van der Waals surface area contributed by atoms with Crippen LogP contribution in [0.15, 0.2) is 42.7 Å². The summed E-state index contributed by atoms with van der Waals surface area (Å²) in [4.78, 5) is 64.9. The third-order valence-electron chi connectivity index (χ3n) is 0. The summed E-state index contributed by atoms with van der Waals surface area (Å²) >= 11 is 0. The van der Waals surface area contributed by atoms with Gasteiger partial charge >= 0.3 is 384 Å². The van der Waals surface area contributed by atoms with Crippen LogP contribution in [0.1, 0.15) is 0 Å². The standard InChI is InChI=1S/8HNO2.13Na.13H/c8*2-1-3;;;;;;;;;;;;;;;;;;;;;;;;;;/h8*(H,2,3);;;;;;;;;;;;;;;;;;;;;;;;;;. The average molecular weight is 688 g/mol. The molecule has 0 aliphatic heterocycles. The number of hydrogen-bond donors (Lipinski definition) is 8. The summed E-state index contributed by atoms with van der Waals surface area (Å²) in [5.74, 6) is 0. The Labute approximate surface area is 494 Å².